The highest BCUT2D eigenvalue weighted by Crippen LogP contribution is 2.29. The topological polar surface area (TPSA) is 73.1 Å². The molecule has 0 saturated heterocycles. The van der Waals surface area contributed by atoms with Crippen LogP contribution in [-0.2, 0) is 0 Å². The van der Waals surface area contributed by atoms with E-state index in [1.807, 2.05) is 12.1 Å². The summed E-state index contributed by atoms with van der Waals surface area (Å²) in [5, 5.41) is 4.83. The monoisotopic (exact) mass is 554 g/mol. The molecule has 0 aliphatic rings. The van der Waals surface area contributed by atoms with Gasteiger partial charge in [-0.3, -0.25) is 4.79 Å². The Balaban J connectivity index is 1.71. The molecule has 1 aromatic heterocycles. The molecular formula is C20H16BrIN2O4. The van der Waals surface area contributed by atoms with Gasteiger partial charge in [-0.2, -0.15) is 5.10 Å². The third kappa shape index (κ3) is 4.74. The summed E-state index contributed by atoms with van der Waals surface area (Å²) < 4.78 is 18.3. The first-order chi connectivity index (χ1) is 13.5. The molecule has 3 rings (SSSR count). The lowest BCUT2D eigenvalue weighted by atomic mass is 10.2. The number of carbonyl (C=O) groups excluding carboxylic acids is 1. The first kappa shape index (κ1) is 20.4. The molecule has 0 radical (unpaired) electrons. The van der Waals surface area contributed by atoms with E-state index in [0.717, 1.165) is 19.0 Å². The molecule has 1 amide bonds. The number of nitrogens with zero attached hydrogens (tertiary/aromatic N) is 1. The van der Waals surface area contributed by atoms with Gasteiger partial charge in [-0.25, -0.2) is 5.43 Å². The first-order valence-corrected chi connectivity index (χ1v) is 10.0. The molecule has 0 bridgehead atoms. The van der Waals surface area contributed by atoms with E-state index in [-0.39, 0.29) is 5.76 Å². The summed E-state index contributed by atoms with van der Waals surface area (Å²) >= 11 is 5.60. The molecule has 0 spiro atoms. The normalized spacial score (nSPS) is 11.0. The van der Waals surface area contributed by atoms with E-state index in [9.17, 15) is 4.79 Å². The third-order valence-electron chi connectivity index (χ3n) is 3.68. The van der Waals surface area contributed by atoms with Crippen LogP contribution in [0.25, 0.3) is 11.0 Å². The number of hydrogen-bond donors (Lipinski definition) is 1. The molecule has 28 heavy (non-hydrogen) atoms. The second-order valence-electron chi connectivity index (χ2n) is 5.63. The van der Waals surface area contributed by atoms with Gasteiger partial charge >= 0.3 is 5.91 Å². The smallest absolute Gasteiger partial charge is 0.307 e. The SMILES string of the molecule is C=CCOc1ccc(/C=N\NC(=O)c2cc3cc(Br)cc(I)c3o2)cc1OC. The van der Waals surface area contributed by atoms with Gasteiger partial charge < -0.3 is 13.9 Å². The fraction of sp³-hybridized carbons (Fsp3) is 0.100. The molecule has 0 saturated carbocycles. The van der Waals surface area contributed by atoms with Crippen molar-refractivity contribution in [1.82, 2.24) is 5.43 Å². The number of amides is 1. The number of nitrogens with one attached hydrogen (secondary N) is 1. The summed E-state index contributed by atoms with van der Waals surface area (Å²) in [6.45, 7) is 4.00. The molecule has 0 atom stereocenters. The van der Waals surface area contributed by atoms with Crippen LogP contribution in [0.5, 0.6) is 11.5 Å². The van der Waals surface area contributed by atoms with Gasteiger partial charge in [0.1, 0.15) is 12.2 Å². The maximum atomic E-state index is 12.3. The zero-order chi connectivity index (χ0) is 20.1. The Labute approximate surface area is 183 Å². The molecule has 6 nitrogen and oxygen atoms in total. The Kier molecular flexibility index (Phi) is 6.74. The number of benzene rings is 2. The molecule has 8 heteroatoms. The van der Waals surface area contributed by atoms with Crippen LogP contribution in [0.2, 0.25) is 0 Å². The van der Waals surface area contributed by atoms with Gasteiger partial charge in [0, 0.05) is 9.86 Å². The van der Waals surface area contributed by atoms with Gasteiger partial charge in [0.2, 0.25) is 0 Å². The van der Waals surface area contributed by atoms with Gasteiger partial charge in [0.25, 0.3) is 0 Å². The van der Waals surface area contributed by atoms with Gasteiger partial charge in [0.05, 0.1) is 16.9 Å². The Morgan fingerprint density at radius 1 is 1.32 bits per heavy atom. The van der Waals surface area contributed by atoms with E-state index in [1.54, 1.807) is 37.5 Å². The van der Waals surface area contributed by atoms with Crippen molar-refractivity contribution in [3.05, 3.63) is 68.4 Å². The van der Waals surface area contributed by atoms with Crippen molar-refractivity contribution in [2.75, 3.05) is 13.7 Å². The van der Waals surface area contributed by atoms with Crippen LogP contribution < -0.4 is 14.9 Å². The number of furan rings is 1. The highest BCUT2D eigenvalue weighted by molar-refractivity contribution is 14.1. The van der Waals surface area contributed by atoms with Crippen molar-refractivity contribution in [2.24, 2.45) is 5.10 Å². The molecule has 2 aromatic carbocycles. The van der Waals surface area contributed by atoms with Crippen LogP contribution in [0.1, 0.15) is 16.1 Å². The van der Waals surface area contributed by atoms with Crippen molar-refractivity contribution in [3.8, 4) is 11.5 Å². The molecule has 1 heterocycles. The summed E-state index contributed by atoms with van der Waals surface area (Å²) in [6.07, 6.45) is 3.17. The van der Waals surface area contributed by atoms with Gasteiger partial charge in [0.15, 0.2) is 17.3 Å². The summed E-state index contributed by atoms with van der Waals surface area (Å²) in [5.41, 5.74) is 3.87. The van der Waals surface area contributed by atoms with E-state index in [0.29, 0.717) is 23.7 Å². The Morgan fingerprint density at radius 3 is 2.89 bits per heavy atom. The standard InChI is InChI=1S/C20H16BrIN2O4/c1-3-6-27-16-5-4-12(7-17(16)26-2)11-23-24-20(25)18-9-13-8-14(21)10-15(22)19(13)28-18/h3-5,7-11H,1,6H2,2H3,(H,24,25)/b23-11-. The fourth-order valence-electron chi connectivity index (χ4n) is 2.44. The van der Waals surface area contributed by atoms with Crippen molar-refractivity contribution in [3.63, 3.8) is 0 Å². The van der Waals surface area contributed by atoms with Gasteiger partial charge in [-0.05, 0) is 64.6 Å². The van der Waals surface area contributed by atoms with Crippen molar-refractivity contribution >= 4 is 61.6 Å². The molecular weight excluding hydrogens is 539 g/mol. The molecule has 0 unspecified atom stereocenters. The molecule has 0 aliphatic heterocycles. The van der Waals surface area contributed by atoms with Crippen LogP contribution in [0, 0.1) is 3.57 Å². The summed E-state index contributed by atoms with van der Waals surface area (Å²) in [5.74, 6) is 0.924. The minimum Gasteiger partial charge on any atom is -0.493 e. The van der Waals surface area contributed by atoms with Crippen molar-refractivity contribution in [1.29, 1.82) is 0 Å². The number of hydrogen-bond acceptors (Lipinski definition) is 5. The molecule has 0 aliphatic carbocycles. The molecule has 3 aromatic rings. The average Bonchev–Trinajstić information content (AvgIpc) is 3.11. The van der Waals surface area contributed by atoms with Crippen molar-refractivity contribution < 1.29 is 18.7 Å². The van der Waals surface area contributed by atoms with Crippen molar-refractivity contribution in [2.45, 2.75) is 0 Å². The predicted octanol–water partition coefficient (Wildman–Crippen LogP) is 5.14. The zero-order valence-corrected chi connectivity index (χ0v) is 18.6. The average molecular weight is 555 g/mol. The Morgan fingerprint density at radius 2 is 2.14 bits per heavy atom. The number of hydrazone groups is 1. The summed E-state index contributed by atoms with van der Waals surface area (Å²) in [6, 6.07) is 10.8. The second-order valence-corrected chi connectivity index (χ2v) is 7.70. The maximum absolute atomic E-state index is 12.3. The predicted molar refractivity (Wildman–Crippen MR) is 120 cm³/mol. The Hall–Kier alpha value is -2.33. The Bertz CT molecular complexity index is 1060. The van der Waals surface area contributed by atoms with E-state index >= 15 is 0 Å². The molecule has 144 valence electrons. The second kappa shape index (κ2) is 9.24. The lowest BCUT2D eigenvalue weighted by molar-refractivity contribution is 0.0929. The number of methoxy groups -OCH3 is 1. The minimum atomic E-state index is -0.433. The van der Waals surface area contributed by atoms with Crippen LogP contribution in [0.4, 0.5) is 0 Å². The van der Waals surface area contributed by atoms with Crippen LogP contribution in [-0.4, -0.2) is 25.8 Å². The summed E-state index contributed by atoms with van der Waals surface area (Å²) in [7, 11) is 1.56. The number of ether oxygens (including phenoxy) is 2. The van der Waals surface area contributed by atoms with Crippen LogP contribution >= 0.6 is 38.5 Å². The highest BCUT2D eigenvalue weighted by Gasteiger charge is 2.14. The van der Waals surface area contributed by atoms with Crippen LogP contribution in [0.15, 0.2) is 63.0 Å². The number of rotatable bonds is 7. The highest BCUT2D eigenvalue weighted by atomic mass is 127. The number of carbonyl (C=O) groups is 1. The van der Waals surface area contributed by atoms with E-state index < -0.39 is 5.91 Å². The third-order valence-corrected chi connectivity index (χ3v) is 4.94. The quantitative estimate of drug-likeness (QED) is 0.190. The maximum Gasteiger partial charge on any atom is 0.307 e. The number of fused-ring (bicyclic) bond motifs is 1. The first-order valence-electron chi connectivity index (χ1n) is 8.15. The molecule has 1 N–H and O–H groups in total. The van der Waals surface area contributed by atoms with E-state index in [2.05, 4.69) is 55.6 Å². The molecule has 0 fully saturated rings. The van der Waals surface area contributed by atoms with Gasteiger partial charge in [-0.1, -0.05) is 28.6 Å². The lowest BCUT2D eigenvalue weighted by Gasteiger charge is -2.09. The minimum absolute atomic E-state index is 0.189. The summed E-state index contributed by atoms with van der Waals surface area (Å²) in [4.78, 5) is 12.3. The van der Waals surface area contributed by atoms with Crippen LogP contribution in [0.3, 0.4) is 0 Å². The fourth-order valence-corrected chi connectivity index (χ4v) is 4.10. The zero-order valence-electron chi connectivity index (χ0n) is 14.9. The largest absolute Gasteiger partial charge is 0.493 e. The van der Waals surface area contributed by atoms with E-state index in [4.69, 9.17) is 13.9 Å². The lowest BCUT2D eigenvalue weighted by Crippen LogP contribution is -2.16. The van der Waals surface area contributed by atoms with Gasteiger partial charge in [-0.15, -0.1) is 0 Å². The van der Waals surface area contributed by atoms with E-state index in [1.165, 1.54) is 6.21 Å². The number of halogens is 2.